The Balaban J connectivity index is 1.28. The molecule has 4 aromatic rings. The van der Waals surface area contributed by atoms with Gasteiger partial charge < -0.3 is 10.3 Å². The molecule has 1 amide bonds. The van der Waals surface area contributed by atoms with Crippen molar-refractivity contribution >= 4 is 34.0 Å². The van der Waals surface area contributed by atoms with Crippen LogP contribution in [0.2, 0.25) is 0 Å². The summed E-state index contributed by atoms with van der Waals surface area (Å²) in [5, 5.41) is 5.49. The second kappa shape index (κ2) is 8.07. The van der Waals surface area contributed by atoms with Crippen molar-refractivity contribution in [3.63, 3.8) is 0 Å². The summed E-state index contributed by atoms with van der Waals surface area (Å²) in [6, 6.07) is 8.81. The Labute approximate surface area is 185 Å². The monoisotopic (exact) mass is 456 g/mol. The zero-order valence-electron chi connectivity index (χ0n) is 16.9. The number of fused-ring (bicyclic) bond motifs is 2. The number of aromatic amines is 1. The first-order valence-corrected chi connectivity index (χ1v) is 11.0. The van der Waals surface area contributed by atoms with Gasteiger partial charge in [0.2, 0.25) is 0 Å². The number of carbonyl (C=O) groups excluding carboxylic acids is 1. The van der Waals surface area contributed by atoms with Gasteiger partial charge in [0.1, 0.15) is 5.65 Å². The third kappa shape index (κ3) is 4.13. The predicted octanol–water partition coefficient (Wildman–Crippen LogP) is 5.45. The van der Waals surface area contributed by atoms with Gasteiger partial charge in [-0.05, 0) is 47.9 Å². The Kier molecular flexibility index (Phi) is 5.22. The minimum Gasteiger partial charge on any atom is -0.346 e. The second-order valence-corrected chi connectivity index (χ2v) is 8.77. The second-order valence-electron chi connectivity index (χ2n) is 7.80. The summed E-state index contributed by atoms with van der Waals surface area (Å²) >= 11 is 1.51. The van der Waals surface area contributed by atoms with Gasteiger partial charge in [-0.15, -0.1) is 11.3 Å². The number of alkyl halides is 3. The number of pyridine rings is 1. The van der Waals surface area contributed by atoms with Crippen LogP contribution in [0.1, 0.15) is 31.9 Å². The molecule has 4 heterocycles. The number of halogens is 3. The van der Waals surface area contributed by atoms with E-state index in [1.54, 1.807) is 5.38 Å². The first kappa shape index (κ1) is 20.7. The Morgan fingerprint density at radius 1 is 1.25 bits per heavy atom. The fourth-order valence-corrected chi connectivity index (χ4v) is 5.13. The number of nitrogens with one attached hydrogen (secondary N) is 2. The van der Waals surface area contributed by atoms with Crippen LogP contribution in [0, 0.1) is 0 Å². The molecule has 9 heteroatoms. The molecule has 1 aliphatic rings. The molecule has 0 bridgehead atoms. The maximum atomic E-state index is 12.9. The number of hydrogen-bond donors (Lipinski definition) is 2. The van der Waals surface area contributed by atoms with Crippen LogP contribution in [0.5, 0.6) is 0 Å². The van der Waals surface area contributed by atoms with E-state index >= 15 is 0 Å². The molecule has 0 saturated heterocycles. The summed E-state index contributed by atoms with van der Waals surface area (Å²) in [4.78, 5) is 23.7. The smallest absolute Gasteiger partial charge is 0.346 e. The predicted molar refractivity (Wildman–Crippen MR) is 118 cm³/mol. The van der Waals surface area contributed by atoms with Gasteiger partial charge in [0.15, 0.2) is 0 Å². The highest BCUT2D eigenvalue weighted by molar-refractivity contribution is 7.10. The quantitative estimate of drug-likeness (QED) is 0.429. The summed E-state index contributed by atoms with van der Waals surface area (Å²) in [5.74, 6) is -0.377. The number of nitrogens with zero attached hydrogens (tertiary/aromatic N) is 2. The molecule has 0 saturated carbocycles. The molecule has 0 aliphatic carbocycles. The van der Waals surface area contributed by atoms with Crippen molar-refractivity contribution < 1.29 is 18.0 Å². The van der Waals surface area contributed by atoms with E-state index in [4.69, 9.17) is 0 Å². The number of H-pyrrole nitrogens is 1. The number of benzene rings is 1. The van der Waals surface area contributed by atoms with Gasteiger partial charge >= 0.3 is 6.18 Å². The van der Waals surface area contributed by atoms with Crippen LogP contribution >= 0.6 is 11.3 Å². The standard InChI is InChI=1S/C23H19F3N4OS/c24-23(25,26)16-2-1-3-17(9-16)29-22(31)19-13-32-20-12-30(7-5-18(19)20)11-14-8-15-4-6-27-21(15)28-10-14/h1-4,6,8-10,13H,5,7,11-12H2,(H,27,28)(H,29,31). The molecule has 1 aromatic carbocycles. The topological polar surface area (TPSA) is 61.0 Å². The molecule has 0 spiro atoms. The minimum absolute atomic E-state index is 0.134. The highest BCUT2D eigenvalue weighted by Gasteiger charge is 2.31. The Morgan fingerprint density at radius 3 is 2.97 bits per heavy atom. The van der Waals surface area contributed by atoms with Crippen molar-refractivity contribution in [1.29, 1.82) is 0 Å². The lowest BCUT2D eigenvalue weighted by Gasteiger charge is -2.27. The Morgan fingerprint density at radius 2 is 2.12 bits per heavy atom. The van der Waals surface area contributed by atoms with E-state index in [0.29, 0.717) is 12.0 Å². The lowest BCUT2D eigenvalue weighted by molar-refractivity contribution is -0.137. The van der Waals surface area contributed by atoms with Crippen LogP contribution in [-0.4, -0.2) is 27.3 Å². The molecule has 0 atom stereocenters. The van der Waals surface area contributed by atoms with Crippen molar-refractivity contribution in [2.45, 2.75) is 25.7 Å². The fourth-order valence-electron chi connectivity index (χ4n) is 4.01. The van der Waals surface area contributed by atoms with Crippen LogP contribution in [0.3, 0.4) is 0 Å². The number of thiophene rings is 1. The SMILES string of the molecule is O=C(Nc1cccc(C(F)(F)F)c1)c1csc2c1CCN(Cc1cnc3[nH]ccc3c1)C2. The third-order valence-electron chi connectivity index (χ3n) is 5.58. The first-order chi connectivity index (χ1) is 15.4. The van der Waals surface area contributed by atoms with Gasteiger partial charge in [-0.1, -0.05) is 6.07 Å². The number of rotatable bonds is 4. The molecule has 164 valence electrons. The van der Waals surface area contributed by atoms with Gasteiger partial charge in [-0.25, -0.2) is 4.98 Å². The van der Waals surface area contributed by atoms with Crippen LogP contribution in [0.4, 0.5) is 18.9 Å². The molecule has 3 aromatic heterocycles. The minimum atomic E-state index is -4.45. The van der Waals surface area contributed by atoms with Crippen molar-refractivity contribution in [3.8, 4) is 0 Å². The van der Waals surface area contributed by atoms with E-state index in [1.807, 2.05) is 18.5 Å². The number of hydrogen-bond acceptors (Lipinski definition) is 4. The van der Waals surface area contributed by atoms with Crippen LogP contribution in [0.25, 0.3) is 11.0 Å². The first-order valence-electron chi connectivity index (χ1n) is 10.1. The largest absolute Gasteiger partial charge is 0.416 e. The number of aromatic nitrogens is 2. The summed E-state index contributed by atoms with van der Waals surface area (Å²) in [7, 11) is 0. The fraction of sp³-hybridized carbons (Fsp3) is 0.217. The van der Waals surface area contributed by atoms with Crippen molar-refractivity contribution in [2.75, 3.05) is 11.9 Å². The average molecular weight is 456 g/mol. The number of anilines is 1. The summed E-state index contributed by atoms with van der Waals surface area (Å²) < 4.78 is 38.8. The molecule has 0 unspecified atom stereocenters. The maximum absolute atomic E-state index is 12.9. The van der Waals surface area contributed by atoms with Crippen molar-refractivity contribution in [1.82, 2.24) is 14.9 Å². The Hall–Kier alpha value is -3.17. The van der Waals surface area contributed by atoms with E-state index in [1.165, 1.54) is 23.5 Å². The number of carbonyl (C=O) groups is 1. The van der Waals surface area contributed by atoms with Gasteiger partial charge in [-0.2, -0.15) is 13.2 Å². The van der Waals surface area contributed by atoms with E-state index in [9.17, 15) is 18.0 Å². The normalized spacial score (nSPS) is 14.5. The van der Waals surface area contributed by atoms with E-state index in [0.717, 1.165) is 58.8 Å². The molecule has 1 aliphatic heterocycles. The molecule has 0 fully saturated rings. The Bertz CT molecular complexity index is 1290. The average Bonchev–Trinajstić information content (AvgIpc) is 3.39. The van der Waals surface area contributed by atoms with E-state index in [-0.39, 0.29) is 11.6 Å². The summed E-state index contributed by atoms with van der Waals surface area (Å²) in [6.07, 6.45) is -0.000174. The molecular weight excluding hydrogens is 437 g/mol. The summed E-state index contributed by atoms with van der Waals surface area (Å²) in [5.41, 5.74) is 2.86. The maximum Gasteiger partial charge on any atom is 0.416 e. The van der Waals surface area contributed by atoms with Gasteiger partial charge in [-0.3, -0.25) is 9.69 Å². The highest BCUT2D eigenvalue weighted by Crippen LogP contribution is 2.32. The highest BCUT2D eigenvalue weighted by atomic mass is 32.1. The van der Waals surface area contributed by atoms with Gasteiger partial charge in [0, 0.05) is 53.4 Å². The zero-order chi connectivity index (χ0) is 22.3. The molecular formula is C23H19F3N4OS. The third-order valence-corrected chi connectivity index (χ3v) is 6.59. The molecule has 32 heavy (non-hydrogen) atoms. The molecule has 2 N–H and O–H groups in total. The van der Waals surface area contributed by atoms with Crippen molar-refractivity contribution in [3.05, 3.63) is 81.3 Å². The zero-order valence-corrected chi connectivity index (χ0v) is 17.7. The van der Waals surface area contributed by atoms with Crippen LogP contribution in [-0.2, 0) is 25.7 Å². The summed E-state index contributed by atoms with van der Waals surface area (Å²) in [6.45, 7) is 2.28. The van der Waals surface area contributed by atoms with Crippen LogP contribution < -0.4 is 5.32 Å². The van der Waals surface area contributed by atoms with Gasteiger partial charge in [0.05, 0.1) is 11.1 Å². The molecule has 0 radical (unpaired) electrons. The van der Waals surface area contributed by atoms with Gasteiger partial charge in [0.25, 0.3) is 5.91 Å². The molecule has 5 nitrogen and oxygen atoms in total. The van der Waals surface area contributed by atoms with E-state index < -0.39 is 11.7 Å². The van der Waals surface area contributed by atoms with Crippen molar-refractivity contribution in [2.24, 2.45) is 0 Å². The lowest BCUT2D eigenvalue weighted by atomic mass is 10.0. The lowest BCUT2D eigenvalue weighted by Crippen LogP contribution is -2.30. The van der Waals surface area contributed by atoms with E-state index in [2.05, 4.69) is 26.3 Å². The molecule has 5 rings (SSSR count). The van der Waals surface area contributed by atoms with Crippen LogP contribution in [0.15, 0.2) is 54.2 Å². The number of amides is 1.